The number of benzene rings is 1. The third-order valence-corrected chi connectivity index (χ3v) is 3.92. The van der Waals surface area contributed by atoms with E-state index in [1.165, 1.54) is 24.5 Å². The van der Waals surface area contributed by atoms with Crippen molar-refractivity contribution < 1.29 is 18.0 Å². The number of halogens is 4. The first-order chi connectivity index (χ1) is 12.7. The third kappa shape index (κ3) is 4.40. The molecule has 27 heavy (non-hydrogen) atoms. The molecule has 1 amide bonds. The van der Waals surface area contributed by atoms with Crippen molar-refractivity contribution in [1.82, 2.24) is 15.2 Å². The predicted molar refractivity (Wildman–Crippen MR) is 94.4 cm³/mol. The molecule has 0 spiro atoms. The van der Waals surface area contributed by atoms with E-state index in [9.17, 15) is 18.0 Å². The summed E-state index contributed by atoms with van der Waals surface area (Å²) in [7, 11) is 0. The molecule has 0 bridgehead atoms. The minimum absolute atomic E-state index is 0.111. The van der Waals surface area contributed by atoms with Gasteiger partial charge in [-0.15, -0.1) is 5.10 Å². The van der Waals surface area contributed by atoms with Gasteiger partial charge in [-0.05, 0) is 37.3 Å². The Balaban J connectivity index is 1.88. The molecule has 3 rings (SSSR count). The van der Waals surface area contributed by atoms with Gasteiger partial charge in [0.05, 0.1) is 23.6 Å². The molecule has 0 fully saturated rings. The third-order valence-electron chi connectivity index (χ3n) is 3.73. The van der Waals surface area contributed by atoms with E-state index in [0.29, 0.717) is 22.5 Å². The fourth-order valence-corrected chi connectivity index (χ4v) is 2.58. The Morgan fingerprint density at radius 2 is 1.93 bits per heavy atom. The van der Waals surface area contributed by atoms with Crippen LogP contribution in [-0.4, -0.2) is 21.1 Å². The number of nitrogens with zero attached hydrogens (tertiary/aromatic N) is 3. The maximum atomic E-state index is 12.8. The van der Waals surface area contributed by atoms with Crippen LogP contribution in [0.15, 0.2) is 48.8 Å². The van der Waals surface area contributed by atoms with Gasteiger partial charge < -0.3 is 5.32 Å². The van der Waals surface area contributed by atoms with Crippen molar-refractivity contribution in [3.8, 4) is 11.1 Å². The van der Waals surface area contributed by atoms with Gasteiger partial charge in [-0.3, -0.25) is 9.78 Å². The number of hydrogen-bond donors (Lipinski definition) is 1. The number of carbonyl (C=O) groups is 1. The first kappa shape index (κ1) is 18.8. The highest BCUT2D eigenvalue weighted by Crippen LogP contribution is 2.30. The van der Waals surface area contributed by atoms with Crippen molar-refractivity contribution in [2.45, 2.75) is 13.1 Å². The second kappa shape index (κ2) is 7.32. The van der Waals surface area contributed by atoms with Gasteiger partial charge in [0, 0.05) is 22.4 Å². The summed E-state index contributed by atoms with van der Waals surface area (Å²) < 4.78 is 38.4. The molecule has 2 heterocycles. The van der Waals surface area contributed by atoms with Gasteiger partial charge in [0.15, 0.2) is 5.15 Å². The lowest BCUT2D eigenvalue weighted by Gasteiger charge is -2.11. The number of hydrogen-bond acceptors (Lipinski definition) is 4. The molecule has 0 aliphatic carbocycles. The van der Waals surface area contributed by atoms with Crippen molar-refractivity contribution >= 4 is 23.2 Å². The van der Waals surface area contributed by atoms with E-state index in [1.54, 1.807) is 19.1 Å². The number of rotatable bonds is 3. The molecule has 0 saturated carbocycles. The standard InChI is InChI=1S/C18H12ClF3N4O/c1-10-15(12-6-16(19)26-24-8-12)7-14(9-23-10)25-17(27)11-3-2-4-13(5-11)18(20,21)22/h2-9H,1H3,(H,25,27). The van der Waals surface area contributed by atoms with Gasteiger partial charge >= 0.3 is 6.18 Å². The zero-order valence-corrected chi connectivity index (χ0v) is 14.6. The van der Waals surface area contributed by atoms with Crippen LogP contribution in [-0.2, 0) is 6.18 Å². The SMILES string of the molecule is Cc1ncc(NC(=O)c2cccc(C(F)(F)F)c2)cc1-c1cnnc(Cl)c1. The molecule has 2 aromatic heterocycles. The molecule has 9 heteroatoms. The van der Waals surface area contributed by atoms with Gasteiger partial charge in [-0.2, -0.15) is 18.3 Å². The second-order valence-corrected chi connectivity index (χ2v) is 6.04. The van der Waals surface area contributed by atoms with E-state index in [1.807, 2.05) is 0 Å². The fourth-order valence-electron chi connectivity index (χ4n) is 2.42. The minimum Gasteiger partial charge on any atom is -0.321 e. The molecule has 138 valence electrons. The Hall–Kier alpha value is -3.00. The number of amides is 1. The highest BCUT2D eigenvalue weighted by Gasteiger charge is 2.30. The Bertz CT molecular complexity index is 1010. The number of alkyl halides is 3. The van der Waals surface area contributed by atoms with Gasteiger partial charge in [-0.1, -0.05) is 17.7 Å². The molecular formula is C18H12ClF3N4O. The molecule has 3 aromatic rings. The van der Waals surface area contributed by atoms with E-state index in [-0.39, 0.29) is 10.7 Å². The Morgan fingerprint density at radius 3 is 2.63 bits per heavy atom. The summed E-state index contributed by atoms with van der Waals surface area (Å²) in [5.74, 6) is -0.677. The van der Waals surface area contributed by atoms with E-state index in [4.69, 9.17) is 11.6 Å². The van der Waals surface area contributed by atoms with Crippen LogP contribution in [0, 0.1) is 6.92 Å². The van der Waals surface area contributed by atoms with Gasteiger partial charge in [-0.25, -0.2) is 0 Å². The first-order valence-electron chi connectivity index (χ1n) is 7.68. The molecule has 1 N–H and O–H groups in total. The van der Waals surface area contributed by atoms with E-state index in [2.05, 4.69) is 20.5 Å². The number of nitrogens with one attached hydrogen (secondary N) is 1. The largest absolute Gasteiger partial charge is 0.416 e. The van der Waals surface area contributed by atoms with Crippen molar-refractivity contribution in [2.75, 3.05) is 5.32 Å². The monoisotopic (exact) mass is 392 g/mol. The van der Waals surface area contributed by atoms with Crippen LogP contribution in [0.1, 0.15) is 21.6 Å². The topological polar surface area (TPSA) is 67.8 Å². The normalized spacial score (nSPS) is 11.3. The van der Waals surface area contributed by atoms with Crippen LogP contribution in [0.5, 0.6) is 0 Å². The van der Waals surface area contributed by atoms with Crippen molar-refractivity contribution in [2.24, 2.45) is 0 Å². The highest BCUT2D eigenvalue weighted by atomic mass is 35.5. The molecule has 5 nitrogen and oxygen atoms in total. The van der Waals surface area contributed by atoms with Crippen LogP contribution in [0.2, 0.25) is 5.15 Å². The number of carbonyl (C=O) groups excluding carboxylic acids is 1. The van der Waals surface area contributed by atoms with E-state index in [0.717, 1.165) is 12.1 Å². The van der Waals surface area contributed by atoms with Crippen LogP contribution in [0.4, 0.5) is 18.9 Å². The molecule has 0 saturated heterocycles. The Kier molecular flexibility index (Phi) is 5.09. The number of pyridine rings is 1. The smallest absolute Gasteiger partial charge is 0.321 e. The summed E-state index contributed by atoms with van der Waals surface area (Å²) in [5.41, 5.74) is 1.29. The van der Waals surface area contributed by atoms with Gasteiger partial charge in [0.1, 0.15) is 0 Å². The number of aromatic nitrogens is 3. The minimum atomic E-state index is -4.53. The van der Waals surface area contributed by atoms with Crippen molar-refractivity contribution in [3.05, 3.63) is 70.8 Å². The molecule has 0 radical (unpaired) electrons. The summed E-state index contributed by atoms with van der Waals surface area (Å²) >= 11 is 5.85. The molecule has 1 aromatic carbocycles. The zero-order valence-electron chi connectivity index (χ0n) is 13.9. The predicted octanol–water partition coefficient (Wildman–Crippen LogP) is 4.77. The van der Waals surface area contributed by atoms with Crippen LogP contribution >= 0.6 is 11.6 Å². The summed E-state index contributed by atoms with van der Waals surface area (Å²) in [6.07, 6.45) is -1.61. The molecule has 0 atom stereocenters. The first-order valence-corrected chi connectivity index (χ1v) is 8.06. The summed E-state index contributed by atoms with van der Waals surface area (Å²) in [6, 6.07) is 7.42. The summed E-state index contributed by atoms with van der Waals surface area (Å²) in [5, 5.41) is 10.2. The Morgan fingerprint density at radius 1 is 1.15 bits per heavy atom. The lowest BCUT2D eigenvalue weighted by molar-refractivity contribution is -0.137. The maximum Gasteiger partial charge on any atom is 0.416 e. The quantitative estimate of drug-likeness (QED) is 0.697. The number of aryl methyl sites for hydroxylation is 1. The van der Waals surface area contributed by atoms with Crippen LogP contribution in [0.3, 0.4) is 0 Å². The van der Waals surface area contributed by atoms with Crippen LogP contribution in [0.25, 0.3) is 11.1 Å². The van der Waals surface area contributed by atoms with Gasteiger partial charge in [0.25, 0.3) is 5.91 Å². The van der Waals surface area contributed by atoms with E-state index < -0.39 is 17.6 Å². The van der Waals surface area contributed by atoms with Gasteiger partial charge in [0.2, 0.25) is 0 Å². The lowest BCUT2D eigenvalue weighted by Crippen LogP contribution is -2.14. The van der Waals surface area contributed by atoms with Crippen LogP contribution < -0.4 is 5.32 Å². The van der Waals surface area contributed by atoms with Crippen molar-refractivity contribution in [3.63, 3.8) is 0 Å². The molecular weight excluding hydrogens is 381 g/mol. The lowest BCUT2D eigenvalue weighted by atomic mass is 10.1. The average molecular weight is 393 g/mol. The zero-order chi connectivity index (χ0) is 19.6. The van der Waals surface area contributed by atoms with E-state index >= 15 is 0 Å². The molecule has 0 aliphatic rings. The average Bonchev–Trinajstić information content (AvgIpc) is 2.62. The summed E-state index contributed by atoms with van der Waals surface area (Å²) in [6.45, 7) is 1.77. The molecule has 0 aliphatic heterocycles. The second-order valence-electron chi connectivity index (χ2n) is 5.66. The Labute approximate surface area is 157 Å². The van der Waals surface area contributed by atoms with Crippen molar-refractivity contribution in [1.29, 1.82) is 0 Å². The molecule has 0 unspecified atom stereocenters. The maximum absolute atomic E-state index is 12.8. The summed E-state index contributed by atoms with van der Waals surface area (Å²) in [4.78, 5) is 16.5. The number of anilines is 1. The fraction of sp³-hybridized carbons (Fsp3) is 0.111. The highest BCUT2D eigenvalue weighted by molar-refractivity contribution is 6.29.